The molecule has 4 unspecified atom stereocenters. The van der Waals surface area contributed by atoms with E-state index >= 15 is 0 Å². The van der Waals surface area contributed by atoms with Gasteiger partial charge in [0, 0.05) is 12.2 Å². The summed E-state index contributed by atoms with van der Waals surface area (Å²) in [5.74, 6) is 2.34. The number of pyridine rings is 1. The Morgan fingerprint density at radius 1 is 1.33 bits per heavy atom. The van der Waals surface area contributed by atoms with Crippen LogP contribution >= 0.6 is 11.6 Å². The standard InChI is InChI=1S/C17H24ClN3/c1-10-6-5-7-14(12(10)3)21-16(13(4)18)20-15-11(2)8-9-19-17(15)21/h8-10,12-14H,5-7H2,1-4H3. The van der Waals surface area contributed by atoms with E-state index in [9.17, 15) is 0 Å². The van der Waals surface area contributed by atoms with Crippen LogP contribution in [0.1, 0.15) is 62.8 Å². The number of aryl methyl sites for hydroxylation is 1. The summed E-state index contributed by atoms with van der Waals surface area (Å²) in [5.41, 5.74) is 3.18. The van der Waals surface area contributed by atoms with Crippen LogP contribution in [0.5, 0.6) is 0 Å². The number of nitrogens with zero attached hydrogens (tertiary/aromatic N) is 3. The van der Waals surface area contributed by atoms with Crippen LogP contribution in [0, 0.1) is 18.8 Å². The molecular formula is C17H24ClN3. The van der Waals surface area contributed by atoms with E-state index in [1.165, 1.54) is 24.8 Å². The normalized spacial score (nSPS) is 28.0. The van der Waals surface area contributed by atoms with Crippen LogP contribution < -0.4 is 0 Å². The van der Waals surface area contributed by atoms with E-state index in [2.05, 4.69) is 30.3 Å². The minimum Gasteiger partial charge on any atom is -0.308 e. The van der Waals surface area contributed by atoms with Gasteiger partial charge in [0.25, 0.3) is 0 Å². The first-order valence-electron chi connectivity index (χ1n) is 7.98. The predicted molar refractivity (Wildman–Crippen MR) is 87.7 cm³/mol. The first-order chi connectivity index (χ1) is 10.0. The molecule has 0 N–H and O–H groups in total. The maximum absolute atomic E-state index is 6.42. The number of hydrogen-bond acceptors (Lipinski definition) is 2. The van der Waals surface area contributed by atoms with Crippen molar-refractivity contribution in [1.29, 1.82) is 0 Å². The lowest BCUT2D eigenvalue weighted by atomic mass is 9.78. The lowest BCUT2D eigenvalue weighted by Gasteiger charge is -2.36. The topological polar surface area (TPSA) is 30.7 Å². The second-order valence-electron chi connectivity index (χ2n) is 6.59. The number of rotatable bonds is 2. The second kappa shape index (κ2) is 5.60. The van der Waals surface area contributed by atoms with Crippen molar-refractivity contribution in [1.82, 2.24) is 14.5 Å². The van der Waals surface area contributed by atoms with E-state index in [1.807, 2.05) is 19.2 Å². The number of imidazole rings is 1. The fourth-order valence-corrected chi connectivity index (χ4v) is 3.81. The Morgan fingerprint density at radius 3 is 2.81 bits per heavy atom. The first-order valence-corrected chi connectivity index (χ1v) is 8.41. The van der Waals surface area contributed by atoms with Crippen LogP contribution in [0.4, 0.5) is 0 Å². The molecule has 1 saturated carbocycles. The molecule has 0 spiro atoms. The van der Waals surface area contributed by atoms with Crippen molar-refractivity contribution in [2.75, 3.05) is 0 Å². The molecule has 0 amide bonds. The molecule has 3 rings (SSSR count). The van der Waals surface area contributed by atoms with E-state index in [0.717, 1.165) is 22.9 Å². The van der Waals surface area contributed by atoms with Gasteiger partial charge in [-0.05, 0) is 43.7 Å². The molecular weight excluding hydrogens is 282 g/mol. The molecule has 2 aromatic rings. The second-order valence-corrected chi connectivity index (χ2v) is 7.25. The van der Waals surface area contributed by atoms with Crippen molar-refractivity contribution in [3.8, 4) is 0 Å². The number of alkyl halides is 1. The summed E-state index contributed by atoms with van der Waals surface area (Å²) in [7, 11) is 0. The van der Waals surface area contributed by atoms with Crippen molar-refractivity contribution in [3.05, 3.63) is 23.7 Å². The van der Waals surface area contributed by atoms with Gasteiger partial charge in [-0.3, -0.25) is 0 Å². The third-order valence-electron chi connectivity index (χ3n) is 5.16. The maximum Gasteiger partial charge on any atom is 0.160 e. The van der Waals surface area contributed by atoms with Crippen LogP contribution in [-0.4, -0.2) is 14.5 Å². The highest BCUT2D eigenvalue weighted by Crippen LogP contribution is 2.41. The third-order valence-corrected chi connectivity index (χ3v) is 5.35. The van der Waals surface area contributed by atoms with Crippen molar-refractivity contribution >= 4 is 22.8 Å². The van der Waals surface area contributed by atoms with Gasteiger partial charge in [0.2, 0.25) is 0 Å². The Hall–Kier alpha value is -1.09. The van der Waals surface area contributed by atoms with Gasteiger partial charge in [0.05, 0.1) is 5.38 Å². The highest BCUT2D eigenvalue weighted by atomic mass is 35.5. The molecule has 1 aliphatic carbocycles. The van der Waals surface area contributed by atoms with E-state index in [-0.39, 0.29) is 5.38 Å². The summed E-state index contributed by atoms with van der Waals surface area (Å²) >= 11 is 6.42. The lowest BCUT2D eigenvalue weighted by molar-refractivity contribution is 0.186. The summed E-state index contributed by atoms with van der Waals surface area (Å²) in [6, 6.07) is 2.49. The maximum atomic E-state index is 6.42. The zero-order valence-electron chi connectivity index (χ0n) is 13.3. The molecule has 21 heavy (non-hydrogen) atoms. The van der Waals surface area contributed by atoms with Gasteiger partial charge < -0.3 is 4.57 Å². The summed E-state index contributed by atoms with van der Waals surface area (Å²) in [4.78, 5) is 9.44. The molecule has 4 atom stereocenters. The van der Waals surface area contributed by atoms with Gasteiger partial charge >= 0.3 is 0 Å². The molecule has 0 bridgehead atoms. The Morgan fingerprint density at radius 2 is 2.10 bits per heavy atom. The van der Waals surface area contributed by atoms with Crippen LogP contribution in [-0.2, 0) is 0 Å². The Kier molecular flexibility index (Phi) is 3.96. The predicted octanol–water partition coefficient (Wildman–Crippen LogP) is 5.04. The minimum absolute atomic E-state index is 0.0944. The van der Waals surface area contributed by atoms with E-state index in [0.29, 0.717) is 12.0 Å². The highest BCUT2D eigenvalue weighted by molar-refractivity contribution is 6.20. The molecule has 1 fully saturated rings. The number of halogens is 1. The molecule has 4 heteroatoms. The van der Waals surface area contributed by atoms with Crippen LogP contribution in [0.25, 0.3) is 11.2 Å². The molecule has 0 radical (unpaired) electrons. The van der Waals surface area contributed by atoms with Crippen molar-refractivity contribution in [2.45, 2.75) is 58.4 Å². The number of aromatic nitrogens is 3. The zero-order chi connectivity index (χ0) is 15.1. The van der Waals surface area contributed by atoms with Crippen molar-refractivity contribution in [3.63, 3.8) is 0 Å². The van der Waals surface area contributed by atoms with E-state index in [1.54, 1.807) is 0 Å². The minimum atomic E-state index is -0.0944. The van der Waals surface area contributed by atoms with Gasteiger partial charge in [-0.2, -0.15) is 0 Å². The highest BCUT2D eigenvalue weighted by Gasteiger charge is 2.32. The quantitative estimate of drug-likeness (QED) is 0.728. The van der Waals surface area contributed by atoms with Crippen molar-refractivity contribution < 1.29 is 0 Å². The first kappa shape index (κ1) is 14.8. The summed E-state index contributed by atoms with van der Waals surface area (Å²) in [5, 5.41) is -0.0944. The lowest BCUT2D eigenvalue weighted by Crippen LogP contribution is -2.28. The summed E-state index contributed by atoms with van der Waals surface area (Å²) in [6.07, 6.45) is 5.68. The SMILES string of the molecule is Cc1ccnc2c1nc(C(C)Cl)n2C1CCCC(C)C1C. The van der Waals surface area contributed by atoms with Gasteiger partial charge in [-0.25, -0.2) is 9.97 Å². The van der Waals surface area contributed by atoms with Crippen LogP contribution in [0.15, 0.2) is 12.3 Å². The Bertz CT molecular complexity index is 647. The zero-order valence-corrected chi connectivity index (χ0v) is 14.1. The number of fused-ring (bicyclic) bond motifs is 1. The van der Waals surface area contributed by atoms with E-state index < -0.39 is 0 Å². The summed E-state index contributed by atoms with van der Waals surface area (Å²) < 4.78 is 2.33. The summed E-state index contributed by atoms with van der Waals surface area (Å²) in [6.45, 7) is 8.82. The smallest absolute Gasteiger partial charge is 0.160 e. The average molecular weight is 306 g/mol. The number of hydrogen-bond donors (Lipinski definition) is 0. The van der Waals surface area contributed by atoms with Crippen LogP contribution in [0.2, 0.25) is 0 Å². The monoisotopic (exact) mass is 305 g/mol. The molecule has 0 aliphatic heterocycles. The molecule has 2 heterocycles. The van der Waals surface area contributed by atoms with Crippen molar-refractivity contribution in [2.24, 2.45) is 11.8 Å². The Labute approximate surface area is 131 Å². The van der Waals surface area contributed by atoms with Gasteiger partial charge in [0.15, 0.2) is 5.65 Å². The molecule has 3 nitrogen and oxygen atoms in total. The Balaban J connectivity index is 2.20. The molecule has 1 aliphatic rings. The molecule has 0 aromatic carbocycles. The fourth-order valence-electron chi connectivity index (χ4n) is 3.65. The molecule has 2 aromatic heterocycles. The molecule has 0 saturated heterocycles. The van der Waals surface area contributed by atoms with Crippen LogP contribution in [0.3, 0.4) is 0 Å². The largest absolute Gasteiger partial charge is 0.308 e. The third kappa shape index (κ3) is 2.46. The van der Waals surface area contributed by atoms with Gasteiger partial charge in [0.1, 0.15) is 11.3 Å². The van der Waals surface area contributed by atoms with Gasteiger partial charge in [-0.15, -0.1) is 11.6 Å². The fraction of sp³-hybridized carbons (Fsp3) is 0.647. The van der Waals surface area contributed by atoms with E-state index in [4.69, 9.17) is 16.6 Å². The van der Waals surface area contributed by atoms with Gasteiger partial charge in [-0.1, -0.05) is 26.7 Å². The average Bonchev–Trinajstić information content (AvgIpc) is 2.83. The molecule has 114 valence electrons.